The minimum atomic E-state index is -1.87. The molecule has 4 saturated heterocycles. The van der Waals surface area contributed by atoms with E-state index in [0.29, 0.717) is 0 Å². The molecule has 4 aliphatic heterocycles. The summed E-state index contributed by atoms with van der Waals surface area (Å²) in [4.78, 5) is 36.3. The topological polar surface area (TPSA) is 380 Å². The number of aliphatic hydroxyl groups is 10. The summed E-state index contributed by atoms with van der Waals surface area (Å²) in [6.45, 7) is -0.0467. The molecule has 15 N–H and O–H groups in total. The quantitative estimate of drug-likeness (QED) is 0.0824. The van der Waals surface area contributed by atoms with Crippen LogP contribution in [0.25, 0.3) is 0 Å². The van der Waals surface area contributed by atoms with E-state index >= 15 is 0 Å². The van der Waals surface area contributed by atoms with E-state index in [2.05, 4.69) is 16.0 Å². The smallest absolute Gasteiger partial charge is 0.217 e. The molecule has 24 heteroatoms. The van der Waals surface area contributed by atoms with Crippen LogP contribution in [0.4, 0.5) is 0 Å². The van der Waals surface area contributed by atoms with Gasteiger partial charge in [-0.15, -0.1) is 0 Å². The lowest BCUT2D eigenvalue weighted by Crippen LogP contribution is -2.71. The van der Waals surface area contributed by atoms with E-state index < -0.39 is 167 Å². The zero-order chi connectivity index (χ0) is 40.2. The molecule has 0 aromatic carbocycles. The molecule has 0 spiro atoms. The Hall–Kier alpha value is -2.31. The lowest BCUT2D eigenvalue weighted by atomic mass is 9.93. The van der Waals surface area contributed by atoms with Gasteiger partial charge in [-0.3, -0.25) is 14.4 Å². The van der Waals surface area contributed by atoms with E-state index in [4.69, 9.17) is 38.9 Å². The Bertz CT molecular complexity index is 1260. The van der Waals surface area contributed by atoms with Crippen LogP contribution in [0.15, 0.2) is 0 Å². The van der Waals surface area contributed by atoms with E-state index in [1.807, 2.05) is 0 Å². The molecule has 4 rings (SSSR count). The Morgan fingerprint density at radius 3 is 1.22 bits per heavy atom. The number of carbonyl (C=O) groups excluding carboxylic acids is 3. The van der Waals surface area contributed by atoms with Crippen molar-refractivity contribution < 1.29 is 98.6 Å². The maximum Gasteiger partial charge on any atom is 0.217 e. The largest absolute Gasteiger partial charge is 0.394 e. The summed E-state index contributed by atoms with van der Waals surface area (Å²) in [6.07, 6.45) is -26.1. The second kappa shape index (κ2) is 19.2. The van der Waals surface area contributed by atoms with Gasteiger partial charge in [-0.05, 0) is 0 Å². The van der Waals surface area contributed by atoms with Crippen LogP contribution in [0.3, 0.4) is 0 Å². The SMILES string of the molecule is CC(=O)N[C@H]1C(O)O[C@H](CO)[C@@H](O[C@@H]2O[C@H](CO)[C@@H](O[C@@H]3O[C@H](CO)[C@@H](O[C@@H]4O[C@H](CO)[C@@H](O)C(O)[C@@H]4N)C(O)[C@H]3NC(C)=O)C(O)[C@H]2NC(C)=O)C1O. The molecule has 3 amide bonds. The normalized spacial score (nSPS) is 45.7. The molecular weight excluding hydrogens is 736 g/mol. The Kier molecular flexibility index (Phi) is 15.8. The number of rotatable bonds is 13. The predicted molar refractivity (Wildman–Crippen MR) is 171 cm³/mol. The van der Waals surface area contributed by atoms with Crippen molar-refractivity contribution in [3.63, 3.8) is 0 Å². The molecule has 0 aliphatic carbocycles. The van der Waals surface area contributed by atoms with Crippen LogP contribution in [0.1, 0.15) is 20.8 Å². The van der Waals surface area contributed by atoms with Gasteiger partial charge in [0.05, 0.1) is 32.5 Å². The zero-order valence-corrected chi connectivity index (χ0v) is 29.5. The molecule has 4 aliphatic rings. The summed E-state index contributed by atoms with van der Waals surface area (Å²) >= 11 is 0. The van der Waals surface area contributed by atoms with Gasteiger partial charge in [0.15, 0.2) is 25.2 Å². The van der Waals surface area contributed by atoms with Gasteiger partial charge in [0, 0.05) is 20.8 Å². The van der Waals surface area contributed by atoms with Crippen molar-refractivity contribution in [3.8, 4) is 0 Å². The van der Waals surface area contributed by atoms with E-state index in [-0.39, 0.29) is 0 Å². The number of hydrogen-bond acceptors (Lipinski definition) is 21. The molecular formula is C30H52N4O20. The average molecular weight is 789 g/mol. The molecule has 0 radical (unpaired) electrons. The van der Waals surface area contributed by atoms with Crippen LogP contribution in [-0.4, -0.2) is 218 Å². The highest BCUT2D eigenvalue weighted by atomic mass is 16.8. The number of amides is 3. The minimum absolute atomic E-state index is 0.655. The number of hydrogen-bond donors (Lipinski definition) is 14. The fraction of sp³-hybridized carbons (Fsp3) is 0.900. The number of carbonyl (C=O) groups is 3. The lowest BCUT2D eigenvalue weighted by Gasteiger charge is -2.50. The van der Waals surface area contributed by atoms with Crippen molar-refractivity contribution in [1.29, 1.82) is 0 Å². The molecule has 0 aromatic rings. The molecule has 4 heterocycles. The molecule has 24 nitrogen and oxygen atoms in total. The van der Waals surface area contributed by atoms with Crippen LogP contribution in [0, 0.1) is 0 Å². The number of ether oxygens (including phenoxy) is 7. The van der Waals surface area contributed by atoms with Crippen molar-refractivity contribution in [2.45, 2.75) is 143 Å². The number of aliphatic hydroxyl groups excluding tert-OH is 10. The summed E-state index contributed by atoms with van der Waals surface area (Å²) in [5.74, 6) is -2.11. The van der Waals surface area contributed by atoms with E-state index in [0.717, 1.165) is 20.8 Å². The van der Waals surface area contributed by atoms with Crippen LogP contribution in [0.2, 0.25) is 0 Å². The van der Waals surface area contributed by atoms with Gasteiger partial charge in [-0.25, -0.2) is 0 Å². The molecule has 0 bridgehead atoms. The average Bonchev–Trinajstić information content (AvgIpc) is 3.12. The van der Waals surface area contributed by atoms with Gasteiger partial charge in [-0.2, -0.15) is 0 Å². The maximum atomic E-state index is 12.3. The van der Waals surface area contributed by atoms with Crippen LogP contribution < -0.4 is 21.7 Å². The monoisotopic (exact) mass is 788 g/mol. The molecule has 0 saturated carbocycles. The van der Waals surface area contributed by atoms with Gasteiger partial charge >= 0.3 is 0 Å². The van der Waals surface area contributed by atoms with Gasteiger partial charge < -0.3 is 106 Å². The molecule has 5 unspecified atom stereocenters. The molecule has 0 aromatic heterocycles. The summed E-state index contributed by atoms with van der Waals surface area (Å²) in [7, 11) is 0. The van der Waals surface area contributed by atoms with Gasteiger partial charge in [0.1, 0.15) is 91.4 Å². The van der Waals surface area contributed by atoms with Crippen molar-refractivity contribution in [2.24, 2.45) is 5.73 Å². The van der Waals surface area contributed by atoms with Gasteiger partial charge in [0.25, 0.3) is 0 Å². The van der Waals surface area contributed by atoms with Crippen molar-refractivity contribution in [3.05, 3.63) is 0 Å². The summed E-state index contributed by atoms with van der Waals surface area (Å²) in [5.41, 5.74) is 5.98. The third-order valence-corrected chi connectivity index (χ3v) is 9.49. The molecule has 312 valence electrons. The van der Waals surface area contributed by atoms with Crippen molar-refractivity contribution in [2.75, 3.05) is 26.4 Å². The Balaban J connectivity index is 1.59. The zero-order valence-electron chi connectivity index (χ0n) is 29.5. The molecule has 20 atom stereocenters. The first kappa shape index (κ1) is 44.4. The summed E-state index contributed by atoms with van der Waals surface area (Å²) < 4.78 is 40.3. The second-order valence-electron chi connectivity index (χ2n) is 13.4. The number of nitrogens with one attached hydrogen (secondary N) is 3. The summed E-state index contributed by atoms with van der Waals surface area (Å²) in [6, 6.07) is -6.00. The lowest BCUT2D eigenvalue weighted by molar-refractivity contribution is -0.361. The van der Waals surface area contributed by atoms with E-state index in [9.17, 15) is 65.4 Å². The number of nitrogens with two attached hydrogens (primary N) is 1. The fourth-order valence-electron chi connectivity index (χ4n) is 6.81. The first-order valence-corrected chi connectivity index (χ1v) is 17.1. The van der Waals surface area contributed by atoms with Crippen LogP contribution >= 0.6 is 0 Å². The van der Waals surface area contributed by atoms with E-state index in [1.165, 1.54) is 0 Å². The predicted octanol–water partition coefficient (Wildman–Crippen LogP) is -9.35. The maximum absolute atomic E-state index is 12.3. The van der Waals surface area contributed by atoms with Crippen molar-refractivity contribution in [1.82, 2.24) is 16.0 Å². The molecule has 4 fully saturated rings. The highest BCUT2D eigenvalue weighted by Crippen LogP contribution is 2.34. The van der Waals surface area contributed by atoms with Gasteiger partial charge in [-0.1, -0.05) is 0 Å². The molecule has 54 heavy (non-hydrogen) atoms. The van der Waals surface area contributed by atoms with Crippen molar-refractivity contribution >= 4 is 17.7 Å². The van der Waals surface area contributed by atoms with Gasteiger partial charge in [0.2, 0.25) is 17.7 Å². The first-order chi connectivity index (χ1) is 25.5. The first-order valence-electron chi connectivity index (χ1n) is 17.1. The third-order valence-electron chi connectivity index (χ3n) is 9.49. The summed E-state index contributed by atoms with van der Waals surface area (Å²) in [5, 5.41) is 112. The highest BCUT2D eigenvalue weighted by molar-refractivity contribution is 5.74. The van der Waals surface area contributed by atoms with Crippen LogP contribution in [0.5, 0.6) is 0 Å². The minimum Gasteiger partial charge on any atom is -0.394 e. The van der Waals surface area contributed by atoms with Crippen LogP contribution in [-0.2, 0) is 47.5 Å². The second-order valence-corrected chi connectivity index (χ2v) is 13.4. The standard InChI is InChI=1S/C30H52N4O20/c1-8(39)32-16-21(44)24(12(5-36)48-27(16)47)53-29-18(34-10(3)41)23(46)26(14(7-38)51-29)54-30-17(33-9(2)40)22(45)25(13(6-37)50-30)52-28-15(31)20(43)19(42)11(4-35)49-28/h11-30,35-38,42-47H,4-7,31H2,1-3H3,(H,32,39)(H,33,40)(H,34,41)/t11-,12-,13-,14-,15+,16-,17-,18-,19-,20?,21?,22?,23?,24-,25-,26-,27?,28+,29+,30+/m1/s1. The Morgan fingerprint density at radius 2 is 0.833 bits per heavy atom. The third kappa shape index (κ3) is 9.79. The highest BCUT2D eigenvalue weighted by Gasteiger charge is 2.56. The Morgan fingerprint density at radius 1 is 0.500 bits per heavy atom. The van der Waals surface area contributed by atoms with E-state index in [1.54, 1.807) is 0 Å². The Labute approximate surface area is 308 Å². The fourth-order valence-corrected chi connectivity index (χ4v) is 6.81.